The van der Waals surface area contributed by atoms with Gasteiger partial charge in [0.1, 0.15) is 0 Å². The van der Waals surface area contributed by atoms with Gasteiger partial charge in [0.05, 0.1) is 4.90 Å². The average Bonchev–Trinajstić information content (AvgIpc) is 2.33. The molecule has 0 saturated heterocycles. The molecule has 0 spiro atoms. The van der Waals surface area contributed by atoms with Gasteiger partial charge in [-0.2, -0.15) is 0 Å². The van der Waals surface area contributed by atoms with Gasteiger partial charge in [-0.15, -0.1) is 0 Å². The highest BCUT2D eigenvalue weighted by atomic mass is 32.2. The number of nitrogens with one attached hydrogen (secondary N) is 1. The molecule has 0 heterocycles. The average molecular weight is 269 g/mol. The minimum absolute atomic E-state index is 0.0415. The number of hydrogen-bond acceptors (Lipinski definition) is 3. The van der Waals surface area contributed by atoms with Crippen LogP contribution in [0.5, 0.6) is 0 Å². The Balaban J connectivity index is 2.71. The van der Waals surface area contributed by atoms with Crippen molar-refractivity contribution < 1.29 is 13.2 Å². The van der Waals surface area contributed by atoms with E-state index in [2.05, 4.69) is 5.32 Å². The first-order chi connectivity index (χ1) is 8.45. The zero-order valence-electron chi connectivity index (χ0n) is 10.8. The van der Waals surface area contributed by atoms with Crippen molar-refractivity contribution in [1.29, 1.82) is 0 Å². The third kappa shape index (κ3) is 4.49. The van der Waals surface area contributed by atoms with Crippen molar-refractivity contribution in [3.63, 3.8) is 0 Å². The van der Waals surface area contributed by atoms with E-state index in [9.17, 15) is 13.2 Å². The predicted molar refractivity (Wildman–Crippen MR) is 70.9 cm³/mol. The van der Waals surface area contributed by atoms with Crippen LogP contribution in [-0.4, -0.2) is 20.6 Å². The first-order valence-electron chi connectivity index (χ1n) is 5.99. The molecule has 0 saturated carbocycles. The molecule has 0 aliphatic rings. The van der Waals surface area contributed by atoms with Crippen LogP contribution in [0.4, 0.5) is 0 Å². The molecule has 0 atom stereocenters. The van der Waals surface area contributed by atoms with Crippen LogP contribution in [0, 0.1) is 0 Å². The van der Waals surface area contributed by atoms with Crippen molar-refractivity contribution >= 4 is 15.7 Å². The topological polar surface area (TPSA) is 63.2 Å². The highest BCUT2D eigenvalue weighted by molar-refractivity contribution is 7.90. The van der Waals surface area contributed by atoms with Crippen molar-refractivity contribution in [2.75, 3.05) is 6.26 Å². The molecule has 0 aromatic heterocycles. The first kappa shape index (κ1) is 14.7. The molecular weight excluding hydrogens is 250 g/mol. The molecule has 0 aliphatic carbocycles. The predicted octanol–water partition coefficient (Wildman–Crippen LogP) is 1.90. The number of carbonyl (C=O) groups is 1. The van der Waals surface area contributed by atoms with Gasteiger partial charge in [0.25, 0.3) is 0 Å². The summed E-state index contributed by atoms with van der Waals surface area (Å²) in [7, 11) is -3.25. The fraction of sp³-hybridized carbons (Fsp3) is 0.462. The number of amides is 1. The monoisotopic (exact) mass is 269 g/mol. The van der Waals surface area contributed by atoms with Gasteiger partial charge < -0.3 is 5.32 Å². The van der Waals surface area contributed by atoms with Gasteiger partial charge in [0, 0.05) is 19.2 Å². The minimum atomic E-state index is -3.25. The van der Waals surface area contributed by atoms with Crippen LogP contribution in [0.3, 0.4) is 0 Å². The van der Waals surface area contributed by atoms with E-state index in [1.54, 1.807) is 24.3 Å². The molecule has 0 fully saturated rings. The smallest absolute Gasteiger partial charge is 0.220 e. The summed E-state index contributed by atoms with van der Waals surface area (Å²) in [6.45, 7) is 2.28. The Morgan fingerprint density at radius 3 is 2.56 bits per heavy atom. The van der Waals surface area contributed by atoms with E-state index in [0.29, 0.717) is 12.0 Å². The van der Waals surface area contributed by atoms with Gasteiger partial charge in [0.15, 0.2) is 9.84 Å². The number of carbonyl (C=O) groups excluding carboxylic acids is 1. The van der Waals surface area contributed by atoms with Gasteiger partial charge in [-0.05, 0) is 18.1 Å². The molecule has 1 N–H and O–H groups in total. The molecule has 1 aromatic carbocycles. The number of hydrogen-bond donors (Lipinski definition) is 1. The quantitative estimate of drug-likeness (QED) is 0.858. The molecule has 0 radical (unpaired) electrons. The number of rotatable bonds is 6. The molecule has 0 aliphatic heterocycles. The molecule has 0 unspecified atom stereocenters. The van der Waals surface area contributed by atoms with Crippen molar-refractivity contribution in [3.05, 3.63) is 29.8 Å². The van der Waals surface area contributed by atoms with E-state index in [1.165, 1.54) is 6.26 Å². The van der Waals surface area contributed by atoms with Crippen LogP contribution >= 0.6 is 0 Å². The van der Waals surface area contributed by atoms with Crippen LogP contribution in [-0.2, 0) is 21.2 Å². The Labute approximate surface area is 108 Å². The normalized spacial score (nSPS) is 11.2. The lowest BCUT2D eigenvalue weighted by atomic mass is 10.2. The summed E-state index contributed by atoms with van der Waals surface area (Å²) in [6, 6.07) is 6.72. The van der Waals surface area contributed by atoms with Crippen LogP contribution in [0.1, 0.15) is 31.7 Å². The van der Waals surface area contributed by atoms with Crippen LogP contribution < -0.4 is 5.32 Å². The van der Waals surface area contributed by atoms with E-state index < -0.39 is 9.84 Å². The largest absolute Gasteiger partial charge is 0.352 e. The summed E-state index contributed by atoms with van der Waals surface area (Å²) in [5.74, 6) is -0.0415. The van der Waals surface area contributed by atoms with Gasteiger partial charge in [-0.1, -0.05) is 31.5 Å². The summed E-state index contributed by atoms with van der Waals surface area (Å²) in [6.07, 6.45) is 3.47. The molecule has 0 bridgehead atoms. The van der Waals surface area contributed by atoms with Crippen molar-refractivity contribution in [2.45, 2.75) is 37.6 Å². The molecule has 18 heavy (non-hydrogen) atoms. The summed E-state index contributed by atoms with van der Waals surface area (Å²) in [5.41, 5.74) is 0.629. The molecule has 100 valence electrons. The summed E-state index contributed by atoms with van der Waals surface area (Å²) in [5, 5.41) is 2.74. The van der Waals surface area contributed by atoms with Crippen molar-refractivity contribution in [1.82, 2.24) is 5.32 Å². The summed E-state index contributed by atoms with van der Waals surface area (Å²) < 4.78 is 23.1. The lowest BCUT2D eigenvalue weighted by Crippen LogP contribution is -2.23. The minimum Gasteiger partial charge on any atom is -0.352 e. The highest BCUT2D eigenvalue weighted by Gasteiger charge is 2.12. The van der Waals surface area contributed by atoms with Gasteiger partial charge in [-0.3, -0.25) is 4.79 Å². The molecule has 5 heteroatoms. The van der Waals surface area contributed by atoms with Crippen LogP contribution in [0.15, 0.2) is 29.2 Å². The van der Waals surface area contributed by atoms with Crippen molar-refractivity contribution in [3.8, 4) is 0 Å². The third-order valence-corrected chi connectivity index (χ3v) is 3.80. The summed E-state index contributed by atoms with van der Waals surface area (Å²) in [4.78, 5) is 11.8. The third-order valence-electron chi connectivity index (χ3n) is 2.61. The lowest BCUT2D eigenvalue weighted by Gasteiger charge is -2.09. The maximum Gasteiger partial charge on any atom is 0.220 e. The Hall–Kier alpha value is -1.36. The molecule has 1 aromatic rings. The highest BCUT2D eigenvalue weighted by Crippen LogP contribution is 2.14. The van der Waals surface area contributed by atoms with E-state index in [-0.39, 0.29) is 17.3 Å². The lowest BCUT2D eigenvalue weighted by molar-refractivity contribution is -0.121. The SMILES string of the molecule is CCCCC(=O)NCc1ccccc1S(C)(=O)=O. The second-order valence-corrected chi connectivity index (χ2v) is 6.24. The maximum absolute atomic E-state index is 11.6. The van der Waals surface area contributed by atoms with E-state index in [4.69, 9.17) is 0 Å². The number of benzene rings is 1. The van der Waals surface area contributed by atoms with Crippen LogP contribution in [0.2, 0.25) is 0 Å². The van der Waals surface area contributed by atoms with Crippen molar-refractivity contribution in [2.24, 2.45) is 0 Å². The zero-order valence-corrected chi connectivity index (χ0v) is 11.6. The molecule has 1 rings (SSSR count). The Morgan fingerprint density at radius 1 is 1.28 bits per heavy atom. The summed E-state index contributed by atoms with van der Waals surface area (Å²) >= 11 is 0. The van der Waals surface area contributed by atoms with E-state index in [1.807, 2.05) is 6.92 Å². The van der Waals surface area contributed by atoms with Gasteiger partial charge in [0.2, 0.25) is 5.91 Å². The standard InChI is InChI=1S/C13H19NO3S/c1-3-4-9-13(15)14-10-11-7-5-6-8-12(11)18(2,16)17/h5-8H,3-4,9-10H2,1-2H3,(H,14,15). The van der Waals surface area contributed by atoms with Gasteiger partial charge in [-0.25, -0.2) is 8.42 Å². The number of sulfone groups is 1. The van der Waals surface area contributed by atoms with Gasteiger partial charge >= 0.3 is 0 Å². The zero-order chi connectivity index (χ0) is 13.6. The fourth-order valence-electron chi connectivity index (χ4n) is 1.63. The molecule has 1 amide bonds. The van der Waals surface area contributed by atoms with E-state index >= 15 is 0 Å². The Morgan fingerprint density at radius 2 is 1.94 bits per heavy atom. The molecular formula is C13H19NO3S. The molecule has 4 nitrogen and oxygen atoms in total. The second kappa shape index (κ2) is 6.54. The number of unbranched alkanes of at least 4 members (excludes halogenated alkanes) is 1. The van der Waals surface area contributed by atoms with E-state index in [0.717, 1.165) is 12.8 Å². The fourth-order valence-corrected chi connectivity index (χ4v) is 2.57. The second-order valence-electron chi connectivity index (χ2n) is 4.26. The van der Waals surface area contributed by atoms with Crippen LogP contribution in [0.25, 0.3) is 0 Å². The maximum atomic E-state index is 11.6. The first-order valence-corrected chi connectivity index (χ1v) is 7.89. The Kier molecular flexibility index (Phi) is 5.34. The Bertz CT molecular complexity index is 509.